The Kier molecular flexibility index (Phi) is 3.66. The number of carbonyl (C=O) groups is 1. The number of anilines is 2. The minimum absolute atomic E-state index is 0.0682. The minimum Gasteiger partial charge on any atom is -0.478 e. The number of hydrogen-bond donors (Lipinski definition) is 2. The lowest BCUT2D eigenvalue weighted by molar-refractivity contribution is 0.0696. The van der Waals surface area contributed by atoms with Crippen molar-refractivity contribution in [3.63, 3.8) is 0 Å². The van der Waals surface area contributed by atoms with Crippen LogP contribution in [0.5, 0.6) is 0 Å². The summed E-state index contributed by atoms with van der Waals surface area (Å²) in [5, 5.41) is 11.8. The summed E-state index contributed by atoms with van der Waals surface area (Å²) in [5.74, 6) is -1.38. The van der Waals surface area contributed by atoms with E-state index in [-0.39, 0.29) is 22.1 Å². The second kappa shape index (κ2) is 5.24. The summed E-state index contributed by atoms with van der Waals surface area (Å²) >= 11 is 5.87. The zero-order valence-electron chi connectivity index (χ0n) is 9.95. The summed E-state index contributed by atoms with van der Waals surface area (Å²) in [4.78, 5) is 15.0. The normalized spacial score (nSPS) is 10.3. The molecule has 1 heterocycles. The third kappa shape index (κ3) is 3.00. The predicted octanol–water partition coefficient (Wildman–Crippen LogP) is 3.62. The molecule has 1 aromatic carbocycles. The molecule has 0 radical (unpaired) electrons. The Balaban J connectivity index is 2.41. The van der Waals surface area contributed by atoms with Crippen molar-refractivity contribution in [1.29, 1.82) is 0 Å². The Hall–Kier alpha value is -2.14. The van der Waals surface area contributed by atoms with Crippen molar-refractivity contribution in [2.75, 3.05) is 5.32 Å². The fourth-order valence-electron chi connectivity index (χ4n) is 1.60. The second-order valence-electron chi connectivity index (χ2n) is 3.91. The van der Waals surface area contributed by atoms with Gasteiger partial charge in [0.05, 0.1) is 16.3 Å². The highest BCUT2D eigenvalue weighted by molar-refractivity contribution is 6.33. The molecule has 98 valence electrons. The smallest absolute Gasteiger partial charge is 0.335 e. The number of aryl methyl sites for hydroxylation is 1. The fraction of sp³-hybridized carbons (Fsp3) is 0.0769. The van der Waals surface area contributed by atoms with Crippen molar-refractivity contribution in [2.24, 2.45) is 0 Å². The van der Waals surface area contributed by atoms with Crippen LogP contribution in [-0.2, 0) is 0 Å². The number of carboxylic acids is 1. The van der Waals surface area contributed by atoms with E-state index < -0.39 is 11.8 Å². The van der Waals surface area contributed by atoms with Crippen LogP contribution in [0.25, 0.3) is 0 Å². The van der Waals surface area contributed by atoms with Gasteiger partial charge in [-0.25, -0.2) is 14.2 Å². The first-order chi connectivity index (χ1) is 8.97. The van der Waals surface area contributed by atoms with Crippen LogP contribution in [0.3, 0.4) is 0 Å². The van der Waals surface area contributed by atoms with Crippen molar-refractivity contribution in [1.82, 2.24) is 4.98 Å². The highest BCUT2D eigenvalue weighted by atomic mass is 35.5. The zero-order valence-corrected chi connectivity index (χ0v) is 10.7. The van der Waals surface area contributed by atoms with Gasteiger partial charge in [0.25, 0.3) is 0 Å². The van der Waals surface area contributed by atoms with E-state index in [0.717, 1.165) is 0 Å². The molecule has 1 aromatic heterocycles. The van der Waals surface area contributed by atoms with Crippen LogP contribution in [0.15, 0.2) is 30.3 Å². The molecule has 19 heavy (non-hydrogen) atoms. The van der Waals surface area contributed by atoms with E-state index in [2.05, 4.69) is 10.3 Å². The van der Waals surface area contributed by atoms with Crippen molar-refractivity contribution in [3.05, 3.63) is 52.4 Å². The quantitative estimate of drug-likeness (QED) is 0.901. The van der Waals surface area contributed by atoms with Crippen LogP contribution in [0.2, 0.25) is 5.02 Å². The van der Waals surface area contributed by atoms with Gasteiger partial charge in [-0.15, -0.1) is 0 Å². The third-order valence-corrected chi connectivity index (χ3v) is 2.73. The first kappa shape index (κ1) is 13.3. The van der Waals surface area contributed by atoms with Gasteiger partial charge in [0.15, 0.2) is 0 Å². The Morgan fingerprint density at radius 3 is 2.79 bits per heavy atom. The number of para-hydroxylation sites is 1. The molecule has 0 saturated heterocycles. The summed E-state index contributed by atoms with van der Waals surface area (Å²) in [6, 6.07) is 7.01. The Morgan fingerprint density at radius 1 is 1.42 bits per heavy atom. The van der Waals surface area contributed by atoms with E-state index in [1.54, 1.807) is 6.92 Å². The molecule has 0 aliphatic carbocycles. The van der Waals surface area contributed by atoms with Crippen LogP contribution >= 0.6 is 11.6 Å². The fourth-order valence-corrected chi connectivity index (χ4v) is 1.81. The number of pyridine rings is 1. The minimum atomic E-state index is -1.08. The number of nitrogens with one attached hydrogen (secondary N) is 1. The number of benzene rings is 1. The van der Waals surface area contributed by atoms with Crippen LogP contribution < -0.4 is 5.32 Å². The Bertz CT molecular complexity index is 626. The molecule has 2 N–H and O–H groups in total. The van der Waals surface area contributed by atoms with Crippen LogP contribution in [-0.4, -0.2) is 16.1 Å². The number of aromatic carboxylic acids is 1. The monoisotopic (exact) mass is 280 g/mol. The molecular formula is C13H10ClFN2O2. The first-order valence-electron chi connectivity index (χ1n) is 5.40. The van der Waals surface area contributed by atoms with Gasteiger partial charge in [-0.3, -0.25) is 0 Å². The van der Waals surface area contributed by atoms with Crippen molar-refractivity contribution < 1.29 is 14.3 Å². The summed E-state index contributed by atoms with van der Waals surface area (Å²) in [5.41, 5.74) is 0.649. The topological polar surface area (TPSA) is 62.2 Å². The van der Waals surface area contributed by atoms with Gasteiger partial charge in [-0.05, 0) is 31.2 Å². The molecule has 6 heteroatoms. The number of nitrogens with zero attached hydrogens (tertiary/aromatic N) is 1. The van der Waals surface area contributed by atoms with Crippen LogP contribution in [0.4, 0.5) is 15.9 Å². The second-order valence-corrected chi connectivity index (χ2v) is 4.32. The molecule has 4 nitrogen and oxygen atoms in total. The maximum absolute atomic E-state index is 13.6. The molecule has 0 aliphatic rings. The van der Waals surface area contributed by atoms with Crippen molar-refractivity contribution in [2.45, 2.75) is 6.92 Å². The van der Waals surface area contributed by atoms with Crippen LogP contribution in [0, 0.1) is 12.7 Å². The highest BCUT2D eigenvalue weighted by Gasteiger charge is 2.10. The average Bonchev–Trinajstić information content (AvgIpc) is 2.33. The molecule has 0 atom stereocenters. The predicted molar refractivity (Wildman–Crippen MR) is 70.6 cm³/mol. The number of hydrogen-bond acceptors (Lipinski definition) is 3. The first-order valence-corrected chi connectivity index (χ1v) is 5.78. The van der Waals surface area contributed by atoms with Crippen LogP contribution in [0.1, 0.15) is 16.1 Å². The van der Waals surface area contributed by atoms with E-state index in [9.17, 15) is 9.18 Å². The summed E-state index contributed by atoms with van der Waals surface area (Å²) in [6.07, 6.45) is 0. The SMILES string of the molecule is Cc1cc(C(=O)O)cc(Nc2c(F)cccc2Cl)n1. The van der Waals surface area contributed by atoms with E-state index in [4.69, 9.17) is 16.7 Å². The van der Waals surface area contributed by atoms with E-state index in [0.29, 0.717) is 5.69 Å². The summed E-state index contributed by atoms with van der Waals surface area (Å²) < 4.78 is 13.6. The number of carboxylic acid groups (broad SMARTS) is 1. The Labute approximate surface area is 113 Å². The number of rotatable bonds is 3. The van der Waals surface area contributed by atoms with Gasteiger partial charge in [0.1, 0.15) is 11.6 Å². The lowest BCUT2D eigenvalue weighted by Gasteiger charge is -2.10. The van der Waals surface area contributed by atoms with Crippen molar-refractivity contribution in [3.8, 4) is 0 Å². The zero-order chi connectivity index (χ0) is 14.0. The van der Waals surface area contributed by atoms with Gasteiger partial charge in [0, 0.05) is 5.69 Å². The maximum Gasteiger partial charge on any atom is 0.335 e. The van der Waals surface area contributed by atoms with E-state index in [1.807, 2.05) is 0 Å². The summed E-state index contributed by atoms with van der Waals surface area (Å²) in [7, 11) is 0. The number of aromatic nitrogens is 1. The molecule has 0 fully saturated rings. The largest absolute Gasteiger partial charge is 0.478 e. The lowest BCUT2D eigenvalue weighted by Crippen LogP contribution is -2.03. The lowest BCUT2D eigenvalue weighted by atomic mass is 10.2. The van der Waals surface area contributed by atoms with E-state index in [1.165, 1.54) is 30.3 Å². The van der Waals surface area contributed by atoms with Gasteiger partial charge in [-0.1, -0.05) is 17.7 Å². The molecular weight excluding hydrogens is 271 g/mol. The molecule has 0 spiro atoms. The van der Waals surface area contributed by atoms with Gasteiger partial charge < -0.3 is 10.4 Å². The molecule has 2 aromatic rings. The van der Waals surface area contributed by atoms with Gasteiger partial charge in [0.2, 0.25) is 0 Å². The molecule has 0 bridgehead atoms. The van der Waals surface area contributed by atoms with E-state index >= 15 is 0 Å². The molecule has 0 unspecified atom stereocenters. The Morgan fingerprint density at radius 2 is 2.16 bits per heavy atom. The maximum atomic E-state index is 13.6. The van der Waals surface area contributed by atoms with Crippen molar-refractivity contribution >= 4 is 29.1 Å². The van der Waals surface area contributed by atoms with Gasteiger partial charge >= 0.3 is 5.97 Å². The molecule has 0 amide bonds. The highest BCUT2D eigenvalue weighted by Crippen LogP contribution is 2.27. The molecule has 0 aliphatic heterocycles. The average molecular weight is 281 g/mol. The standard InChI is InChI=1S/C13H10ClFN2O2/c1-7-5-8(13(18)19)6-11(16-7)17-12-9(14)3-2-4-10(12)15/h2-6H,1H3,(H,16,17)(H,18,19). The third-order valence-electron chi connectivity index (χ3n) is 2.42. The van der Waals surface area contributed by atoms with Gasteiger partial charge in [-0.2, -0.15) is 0 Å². The molecule has 0 saturated carbocycles. The summed E-state index contributed by atoms with van der Waals surface area (Å²) in [6.45, 7) is 1.65. The number of halogens is 2. The molecule has 2 rings (SSSR count).